The van der Waals surface area contributed by atoms with Gasteiger partial charge in [0.2, 0.25) is 0 Å². The van der Waals surface area contributed by atoms with Crippen LogP contribution in [0.25, 0.3) is 55.7 Å². The van der Waals surface area contributed by atoms with Crippen molar-refractivity contribution in [2.75, 3.05) is 65.0 Å². The lowest BCUT2D eigenvalue weighted by molar-refractivity contribution is -0.143. The van der Waals surface area contributed by atoms with Crippen LogP contribution in [0.4, 0.5) is 51.1 Å². The summed E-state index contributed by atoms with van der Waals surface area (Å²) in [5.74, 6) is 1.04. The predicted octanol–water partition coefficient (Wildman–Crippen LogP) is 12.7. The van der Waals surface area contributed by atoms with Gasteiger partial charge in [0.15, 0.2) is 11.6 Å². The molecule has 66 heavy (non-hydrogen) atoms. The molecule has 0 saturated heterocycles. The number of anilines is 2. The average molecular weight is 921 g/mol. The lowest BCUT2D eigenvalue weighted by Crippen LogP contribution is -2.17. The van der Waals surface area contributed by atoms with Crippen molar-refractivity contribution in [3.05, 3.63) is 131 Å². The van der Waals surface area contributed by atoms with Crippen LogP contribution in [0.1, 0.15) is 40.7 Å². The number of nitrogens with one attached hydrogen (secondary N) is 2. The first-order valence-electron chi connectivity index (χ1n) is 21.0. The van der Waals surface area contributed by atoms with Crippen molar-refractivity contribution in [3.63, 3.8) is 0 Å². The number of para-hydroxylation sites is 2. The van der Waals surface area contributed by atoms with Gasteiger partial charge in [-0.2, -0.15) is 39.5 Å². The van der Waals surface area contributed by atoms with Crippen LogP contribution in [-0.4, -0.2) is 84.1 Å². The molecule has 8 nitrogen and oxygen atoms in total. The molecule has 7 rings (SSSR count). The molecule has 2 aromatic heterocycles. The van der Waals surface area contributed by atoms with Crippen molar-refractivity contribution in [3.8, 4) is 33.9 Å². The number of aryl methyl sites for hydroxylation is 2. The Kier molecular flexibility index (Phi) is 15.2. The molecule has 2 heterocycles. The van der Waals surface area contributed by atoms with E-state index in [9.17, 15) is 39.5 Å². The third-order valence-electron chi connectivity index (χ3n) is 10.5. The van der Waals surface area contributed by atoms with Crippen molar-refractivity contribution in [2.45, 2.75) is 45.2 Å². The highest BCUT2D eigenvalue weighted by atomic mass is 19.4. The monoisotopic (exact) mass is 920 g/mol. The summed E-state index contributed by atoms with van der Waals surface area (Å²) in [7, 11) is 7.87. The van der Waals surface area contributed by atoms with E-state index in [-0.39, 0.29) is 23.3 Å². The first kappa shape index (κ1) is 49.1. The molecule has 0 unspecified atom stereocenters. The maximum Gasteiger partial charge on any atom is 0.416 e. The van der Waals surface area contributed by atoms with Crippen LogP contribution in [0.15, 0.2) is 103 Å². The van der Waals surface area contributed by atoms with Gasteiger partial charge in [0.25, 0.3) is 0 Å². The number of nitrogens with zero attached hydrogens (tertiary/aromatic N) is 6. The number of rotatable bonds is 13. The maximum absolute atomic E-state index is 13.8. The van der Waals surface area contributed by atoms with Crippen molar-refractivity contribution in [1.82, 2.24) is 29.7 Å². The largest absolute Gasteiger partial charge is 0.416 e. The molecule has 0 bridgehead atoms. The zero-order valence-corrected chi connectivity index (χ0v) is 37.1. The minimum absolute atomic E-state index is 0.0935. The van der Waals surface area contributed by atoms with Crippen molar-refractivity contribution >= 4 is 33.4 Å². The molecule has 0 aliphatic carbocycles. The summed E-state index contributed by atoms with van der Waals surface area (Å²) >= 11 is 0. The van der Waals surface area contributed by atoms with Crippen LogP contribution in [0.2, 0.25) is 0 Å². The molecular formula is C49H49F9N8. The number of hydrogen-bond acceptors (Lipinski definition) is 8. The molecule has 348 valence electrons. The van der Waals surface area contributed by atoms with E-state index in [1.54, 1.807) is 55.5 Å². The summed E-state index contributed by atoms with van der Waals surface area (Å²) in [6.45, 7) is 6.63. The van der Waals surface area contributed by atoms with Gasteiger partial charge in [-0.1, -0.05) is 54.6 Å². The van der Waals surface area contributed by atoms with Gasteiger partial charge in [0.1, 0.15) is 11.6 Å². The summed E-state index contributed by atoms with van der Waals surface area (Å²) in [5.41, 5.74) is 0.459. The van der Waals surface area contributed by atoms with Crippen molar-refractivity contribution < 1.29 is 39.5 Å². The Morgan fingerprint density at radius 1 is 0.439 bits per heavy atom. The zero-order chi connectivity index (χ0) is 48.0. The van der Waals surface area contributed by atoms with Gasteiger partial charge in [0, 0.05) is 35.0 Å². The molecule has 0 spiro atoms. The summed E-state index contributed by atoms with van der Waals surface area (Å²) in [4.78, 5) is 22.1. The Labute approximate surface area is 376 Å². The lowest BCUT2D eigenvalue weighted by atomic mass is 9.99. The van der Waals surface area contributed by atoms with Gasteiger partial charge in [0.05, 0.1) is 27.7 Å². The van der Waals surface area contributed by atoms with Crippen LogP contribution in [0.5, 0.6) is 0 Å². The second-order valence-electron chi connectivity index (χ2n) is 16.4. The van der Waals surface area contributed by atoms with E-state index in [2.05, 4.69) is 30.5 Å². The molecule has 0 atom stereocenters. The molecule has 0 amide bonds. The van der Waals surface area contributed by atoms with Crippen molar-refractivity contribution in [1.29, 1.82) is 0 Å². The van der Waals surface area contributed by atoms with E-state index in [4.69, 9.17) is 4.98 Å². The van der Waals surface area contributed by atoms with Gasteiger partial charge >= 0.3 is 18.5 Å². The number of benzene rings is 5. The normalized spacial score (nSPS) is 12.2. The maximum atomic E-state index is 13.8. The van der Waals surface area contributed by atoms with Gasteiger partial charge < -0.3 is 20.4 Å². The van der Waals surface area contributed by atoms with Gasteiger partial charge in [-0.15, -0.1) is 0 Å². The third kappa shape index (κ3) is 12.5. The second-order valence-corrected chi connectivity index (χ2v) is 16.4. The molecule has 5 aromatic carbocycles. The SMILES string of the molecule is Cc1cccc2c(NCCCN(C)C)nc(-c3cc(-c4ccccc4)cc(C(F)(F)F)c3)nc12.Cc1cccc2c(NCCCN(C)C)nc(-c3cc(C(F)(F)F)cc(C(F)(F)F)c3)nc12. The van der Waals surface area contributed by atoms with E-state index in [1.807, 2.05) is 64.3 Å². The number of fused-ring (bicyclic) bond motifs is 2. The third-order valence-corrected chi connectivity index (χ3v) is 10.5. The van der Waals surface area contributed by atoms with Crippen LogP contribution < -0.4 is 10.6 Å². The van der Waals surface area contributed by atoms with Crippen LogP contribution in [-0.2, 0) is 18.5 Å². The highest BCUT2D eigenvalue weighted by molar-refractivity contribution is 5.94. The average Bonchev–Trinajstić information content (AvgIpc) is 3.26. The fourth-order valence-corrected chi connectivity index (χ4v) is 7.12. The van der Waals surface area contributed by atoms with Crippen molar-refractivity contribution in [2.24, 2.45) is 0 Å². The lowest BCUT2D eigenvalue weighted by Gasteiger charge is -2.16. The number of aromatic nitrogens is 4. The number of alkyl halides is 9. The molecule has 0 saturated carbocycles. The molecule has 0 radical (unpaired) electrons. The van der Waals surface area contributed by atoms with Crippen LogP contribution in [0.3, 0.4) is 0 Å². The Morgan fingerprint density at radius 2 is 0.833 bits per heavy atom. The fourth-order valence-electron chi connectivity index (χ4n) is 7.12. The Morgan fingerprint density at radius 3 is 1.24 bits per heavy atom. The fraction of sp³-hybridized carbons (Fsp3) is 0.306. The molecule has 0 aliphatic heterocycles. The summed E-state index contributed by atoms with van der Waals surface area (Å²) in [6.07, 6.45) is -12.7. The molecular weight excluding hydrogens is 872 g/mol. The predicted molar refractivity (Wildman–Crippen MR) is 243 cm³/mol. The molecule has 0 fully saturated rings. The smallest absolute Gasteiger partial charge is 0.369 e. The van der Waals surface area contributed by atoms with E-state index >= 15 is 0 Å². The molecule has 2 N–H and O–H groups in total. The van der Waals surface area contributed by atoms with Crippen LogP contribution in [0, 0.1) is 13.8 Å². The molecule has 17 heteroatoms. The molecule has 0 aliphatic rings. The van der Waals surface area contributed by atoms with Gasteiger partial charge in [-0.3, -0.25) is 0 Å². The number of hydrogen-bond donors (Lipinski definition) is 2. The summed E-state index contributed by atoms with van der Waals surface area (Å²) in [5, 5.41) is 8.01. The second kappa shape index (κ2) is 20.5. The Balaban J connectivity index is 0.000000219. The van der Waals surface area contributed by atoms with E-state index in [0.717, 1.165) is 54.0 Å². The van der Waals surface area contributed by atoms with Gasteiger partial charge in [-0.25, -0.2) is 19.9 Å². The van der Waals surface area contributed by atoms with Gasteiger partial charge in [-0.05, 0) is 139 Å². The van der Waals surface area contributed by atoms with E-state index in [0.29, 0.717) is 64.5 Å². The van der Waals surface area contributed by atoms with E-state index < -0.39 is 35.2 Å². The Hall–Kier alpha value is -6.33. The van der Waals surface area contributed by atoms with E-state index in [1.165, 1.54) is 6.07 Å². The summed E-state index contributed by atoms with van der Waals surface area (Å²) in [6, 6.07) is 25.6. The highest BCUT2D eigenvalue weighted by Crippen LogP contribution is 2.40. The van der Waals surface area contributed by atoms with Crippen LogP contribution >= 0.6 is 0 Å². The Bertz CT molecular complexity index is 2740. The quantitative estimate of drug-likeness (QED) is 0.0874. The first-order valence-corrected chi connectivity index (χ1v) is 21.0. The standard InChI is InChI=1S/C27H27F3N4.C22H22F6N4/c1-18-9-7-12-23-24(18)32-25(33-26(23)31-13-8-14-34(2)3)21-15-20(19-10-5-4-6-11-19)16-22(17-21)27(28,29)30;1-13-6-4-7-17-18(13)30-19(31-20(17)29-8-5-9-32(2)3)14-10-15(21(23,24)25)12-16(11-14)22(26,27)28/h4-7,9-12,15-17H,8,13-14H2,1-3H3,(H,31,32,33);4,6-7,10-12H,5,8-9H2,1-3H3,(H,29,30,31). The number of halogens is 9. The minimum Gasteiger partial charge on any atom is -0.369 e. The highest BCUT2D eigenvalue weighted by Gasteiger charge is 2.37. The minimum atomic E-state index is -4.95. The first-order chi connectivity index (χ1) is 31.1. The zero-order valence-electron chi connectivity index (χ0n) is 37.1. The molecule has 7 aromatic rings. The summed E-state index contributed by atoms with van der Waals surface area (Å²) < 4.78 is 121. The topological polar surface area (TPSA) is 82.1 Å².